The van der Waals surface area contributed by atoms with Crippen LogP contribution in [-0.4, -0.2) is 11.1 Å². The minimum Gasteiger partial charge on any atom is -0.478 e. The number of carbonyl (C=O) groups is 1. The number of aromatic carboxylic acids is 1. The molecular weight excluding hydrogens is 270 g/mol. The SMILES string of the molecule is C=C1Nc2cc(C(=O)O)ccc2Sc2cc(C)ccc21. The molecular formula is C16H13NO2S. The summed E-state index contributed by atoms with van der Waals surface area (Å²) in [7, 11) is 0. The smallest absolute Gasteiger partial charge is 0.335 e. The molecule has 0 bridgehead atoms. The number of rotatable bonds is 1. The first-order valence-electron chi connectivity index (χ1n) is 6.17. The number of carboxylic acids is 1. The lowest BCUT2D eigenvalue weighted by atomic mass is 10.1. The van der Waals surface area contributed by atoms with Crippen LogP contribution in [0.25, 0.3) is 5.70 Å². The van der Waals surface area contributed by atoms with Crippen LogP contribution in [0.15, 0.2) is 52.8 Å². The van der Waals surface area contributed by atoms with Crippen molar-refractivity contribution in [2.75, 3.05) is 5.32 Å². The maximum Gasteiger partial charge on any atom is 0.335 e. The lowest BCUT2D eigenvalue weighted by Gasteiger charge is -2.09. The highest BCUT2D eigenvalue weighted by Gasteiger charge is 2.17. The van der Waals surface area contributed by atoms with Crippen LogP contribution in [0.1, 0.15) is 21.5 Å². The Hall–Kier alpha value is -2.20. The minimum atomic E-state index is -0.928. The van der Waals surface area contributed by atoms with Crippen LogP contribution in [0.5, 0.6) is 0 Å². The molecule has 0 fully saturated rings. The van der Waals surface area contributed by atoms with Gasteiger partial charge < -0.3 is 10.4 Å². The van der Waals surface area contributed by atoms with Gasteiger partial charge in [-0.25, -0.2) is 4.79 Å². The van der Waals surface area contributed by atoms with E-state index in [0.717, 1.165) is 26.7 Å². The predicted octanol–water partition coefficient (Wildman–Crippen LogP) is 4.24. The zero-order chi connectivity index (χ0) is 14.3. The van der Waals surface area contributed by atoms with E-state index in [1.165, 1.54) is 5.56 Å². The number of fused-ring (bicyclic) bond motifs is 2. The molecule has 0 saturated heterocycles. The molecule has 0 amide bonds. The fourth-order valence-electron chi connectivity index (χ4n) is 2.16. The van der Waals surface area contributed by atoms with Gasteiger partial charge in [0.2, 0.25) is 0 Å². The van der Waals surface area contributed by atoms with Gasteiger partial charge in [0, 0.05) is 21.1 Å². The number of nitrogens with one attached hydrogen (secondary N) is 1. The standard InChI is InChI=1S/C16H13NO2S/c1-9-3-5-12-10(2)17-13-8-11(16(18)19)4-6-14(13)20-15(12)7-9/h3-8,17H,2H2,1H3,(H,18,19). The molecule has 2 aromatic rings. The van der Waals surface area contributed by atoms with Gasteiger partial charge in [0.25, 0.3) is 0 Å². The average Bonchev–Trinajstić information content (AvgIpc) is 2.53. The molecule has 4 heteroatoms. The maximum absolute atomic E-state index is 11.1. The zero-order valence-electron chi connectivity index (χ0n) is 10.9. The lowest BCUT2D eigenvalue weighted by Crippen LogP contribution is -2.00. The molecule has 3 rings (SSSR count). The topological polar surface area (TPSA) is 49.3 Å². The van der Waals surface area contributed by atoms with E-state index < -0.39 is 5.97 Å². The van der Waals surface area contributed by atoms with E-state index >= 15 is 0 Å². The Morgan fingerprint density at radius 2 is 2.00 bits per heavy atom. The van der Waals surface area contributed by atoms with Crippen LogP contribution >= 0.6 is 11.8 Å². The van der Waals surface area contributed by atoms with Crippen molar-refractivity contribution in [2.45, 2.75) is 16.7 Å². The van der Waals surface area contributed by atoms with Crippen molar-refractivity contribution in [1.82, 2.24) is 0 Å². The van der Waals surface area contributed by atoms with Crippen LogP contribution in [0.3, 0.4) is 0 Å². The summed E-state index contributed by atoms with van der Waals surface area (Å²) < 4.78 is 0. The molecule has 0 radical (unpaired) electrons. The fraction of sp³-hybridized carbons (Fsp3) is 0.0625. The van der Waals surface area contributed by atoms with Crippen LogP contribution in [0, 0.1) is 6.92 Å². The Kier molecular flexibility index (Phi) is 3.03. The van der Waals surface area contributed by atoms with Gasteiger partial charge in [-0.1, -0.05) is 30.5 Å². The lowest BCUT2D eigenvalue weighted by molar-refractivity contribution is 0.0697. The van der Waals surface area contributed by atoms with E-state index in [0.29, 0.717) is 0 Å². The minimum absolute atomic E-state index is 0.270. The van der Waals surface area contributed by atoms with Crippen LogP contribution < -0.4 is 5.32 Å². The monoisotopic (exact) mass is 283 g/mol. The fourth-order valence-corrected chi connectivity index (χ4v) is 3.30. The Morgan fingerprint density at radius 1 is 1.20 bits per heavy atom. The molecule has 3 nitrogen and oxygen atoms in total. The quantitative estimate of drug-likeness (QED) is 0.822. The Balaban J connectivity index is 2.12. The number of anilines is 1. The van der Waals surface area contributed by atoms with Crippen LogP contribution in [0.4, 0.5) is 5.69 Å². The van der Waals surface area contributed by atoms with Crippen LogP contribution in [0.2, 0.25) is 0 Å². The molecule has 2 aromatic carbocycles. The molecule has 2 N–H and O–H groups in total. The molecule has 0 atom stereocenters. The molecule has 20 heavy (non-hydrogen) atoms. The van der Waals surface area contributed by atoms with Gasteiger partial charge >= 0.3 is 5.97 Å². The van der Waals surface area contributed by atoms with Crippen molar-refractivity contribution in [3.05, 3.63) is 59.7 Å². The first kappa shape index (κ1) is 12.8. The van der Waals surface area contributed by atoms with Crippen molar-refractivity contribution in [1.29, 1.82) is 0 Å². The number of aryl methyl sites for hydroxylation is 1. The largest absolute Gasteiger partial charge is 0.478 e. The normalized spacial score (nSPS) is 12.9. The van der Waals surface area contributed by atoms with Gasteiger partial charge in [-0.2, -0.15) is 0 Å². The highest BCUT2D eigenvalue weighted by Crippen LogP contribution is 2.42. The number of hydrogen-bond acceptors (Lipinski definition) is 3. The third-order valence-corrected chi connectivity index (χ3v) is 4.33. The van der Waals surface area contributed by atoms with E-state index in [1.54, 1.807) is 23.9 Å². The van der Waals surface area contributed by atoms with Crippen LogP contribution in [-0.2, 0) is 0 Å². The van der Waals surface area contributed by atoms with Gasteiger partial charge in [-0.15, -0.1) is 0 Å². The highest BCUT2D eigenvalue weighted by atomic mass is 32.2. The average molecular weight is 283 g/mol. The molecule has 0 unspecified atom stereocenters. The van der Waals surface area contributed by atoms with Crippen molar-refractivity contribution in [2.24, 2.45) is 0 Å². The summed E-state index contributed by atoms with van der Waals surface area (Å²) >= 11 is 1.63. The van der Waals surface area contributed by atoms with Crippen molar-refractivity contribution >= 4 is 29.1 Å². The Morgan fingerprint density at radius 3 is 2.75 bits per heavy atom. The third-order valence-electron chi connectivity index (χ3n) is 3.19. The van der Waals surface area contributed by atoms with E-state index in [4.69, 9.17) is 5.11 Å². The molecule has 1 heterocycles. The second-order valence-corrected chi connectivity index (χ2v) is 5.81. The van der Waals surface area contributed by atoms with Gasteiger partial charge in [0.15, 0.2) is 0 Å². The van der Waals surface area contributed by atoms with E-state index in [-0.39, 0.29) is 5.56 Å². The van der Waals surface area contributed by atoms with Gasteiger partial charge in [-0.3, -0.25) is 0 Å². The molecule has 0 aromatic heterocycles. The van der Waals surface area contributed by atoms with Gasteiger partial charge in [0.1, 0.15) is 0 Å². The zero-order valence-corrected chi connectivity index (χ0v) is 11.8. The van der Waals surface area contributed by atoms with E-state index in [9.17, 15) is 4.79 Å². The third kappa shape index (κ3) is 2.18. The van der Waals surface area contributed by atoms with Gasteiger partial charge in [-0.05, 0) is 36.8 Å². The Labute approximate surface area is 121 Å². The first-order chi connectivity index (χ1) is 9.54. The van der Waals surface area contributed by atoms with Crippen molar-refractivity contribution in [3.63, 3.8) is 0 Å². The highest BCUT2D eigenvalue weighted by molar-refractivity contribution is 7.99. The Bertz CT molecular complexity index is 737. The summed E-state index contributed by atoms with van der Waals surface area (Å²) in [5, 5.41) is 12.3. The van der Waals surface area contributed by atoms with E-state index in [1.807, 2.05) is 18.2 Å². The molecule has 0 spiro atoms. The predicted molar refractivity (Wildman–Crippen MR) is 81.4 cm³/mol. The van der Waals surface area contributed by atoms with Gasteiger partial charge in [0.05, 0.1) is 11.3 Å². The molecule has 0 aliphatic carbocycles. The molecule has 1 aliphatic rings. The molecule has 100 valence electrons. The number of carboxylic acid groups (broad SMARTS) is 1. The summed E-state index contributed by atoms with van der Waals surface area (Å²) in [5.41, 5.74) is 4.08. The first-order valence-corrected chi connectivity index (χ1v) is 6.98. The van der Waals surface area contributed by atoms with E-state index in [2.05, 4.69) is 24.9 Å². The molecule has 0 saturated carbocycles. The summed E-state index contributed by atoms with van der Waals surface area (Å²) in [5.74, 6) is -0.928. The summed E-state index contributed by atoms with van der Waals surface area (Å²) in [4.78, 5) is 13.2. The number of benzene rings is 2. The van der Waals surface area contributed by atoms with Crippen molar-refractivity contribution in [3.8, 4) is 0 Å². The second kappa shape index (κ2) is 4.72. The summed E-state index contributed by atoms with van der Waals surface area (Å²) in [6.07, 6.45) is 0. The number of hydrogen-bond donors (Lipinski definition) is 2. The second-order valence-electron chi connectivity index (χ2n) is 4.72. The summed E-state index contributed by atoms with van der Waals surface area (Å²) in [6.45, 7) is 6.10. The molecule has 1 aliphatic heterocycles. The maximum atomic E-state index is 11.1. The summed E-state index contributed by atoms with van der Waals surface area (Å²) in [6, 6.07) is 11.3. The van der Waals surface area contributed by atoms with Crippen molar-refractivity contribution < 1.29 is 9.90 Å².